The van der Waals surface area contributed by atoms with Crippen LogP contribution in [0.1, 0.15) is 18.4 Å². The van der Waals surface area contributed by atoms with E-state index in [9.17, 15) is 14.0 Å². The Hall–Kier alpha value is -2.73. The summed E-state index contributed by atoms with van der Waals surface area (Å²) < 4.78 is 13.6. The number of benzene rings is 2. The number of hydrogen-bond donors (Lipinski definition) is 2. The van der Waals surface area contributed by atoms with Gasteiger partial charge < -0.3 is 10.6 Å². The molecule has 2 amide bonds. The first-order valence-corrected chi connectivity index (χ1v) is 9.20. The van der Waals surface area contributed by atoms with Crippen LogP contribution in [-0.2, 0) is 16.1 Å². The lowest BCUT2D eigenvalue weighted by atomic mass is 9.97. The van der Waals surface area contributed by atoms with Crippen molar-refractivity contribution in [1.82, 2.24) is 10.2 Å². The van der Waals surface area contributed by atoms with Crippen molar-refractivity contribution in [3.63, 3.8) is 0 Å². The van der Waals surface area contributed by atoms with Gasteiger partial charge in [-0.2, -0.15) is 0 Å². The van der Waals surface area contributed by atoms with E-state index in [4.69, 9.17) is 0 Å². The lowest BCUT2D eigenvalue weighted by Gasteiger charge is -2.31. The Labute approximate surface area is 158 Å². The summed E-state index contributed by atoms with van der Waals surface area (Å²) in [4.78, 5) is 26.6. The molecule has 5 nitrogen and oxygen atoms in total. The Morgan fingerprint density at radius 3 is 2.59 bits per heavy atom. The molecule has 6 heteroatoms. The van der Waals surface area contributed by atoms with Gasteiger partial charge >= 0.3 is 0 Å². The van der Waals surface area contributed by atoms with Crippen LogP contribution in [0, 0.1) is 11.7 Å². The van der Waals surface area contributed by atoms with E-state index >= 15 is 0 Å². The highest BCUT2D eigenvalue weighted by molar-refractivity contribution is 5.92. The Morgan fingerprint density at radius 1 is 1.07 bits per heavy atom. The van der Waals surface area contributed by atoms with E-state index in [1.54, 1.807) is 18.2 Å². The summed E-state index contributed by atoms with van der Waals surface area (Å²) in [5.74, 6) is -0.647. The second-order valence-electron chi connectivity index (χ2n) is 6.80. The van der Waals surface area contributed by atoms with Gasteiger partial charge in [-0.3, -0.25) is 14.5 Å². The Kier molecular flexibility index (Phi) is 6.54. The van der Waals surface area contributed by atoms with Gasteiger partial charge in [0.25, 0.3) is 0 Å². The van der Waals surface area contributed by atoms with Gasteiger partial charge in [0.1, 0.15) is 5.82 Å². The standard InChI is InChI=1S/C21H24FN3O2/c22-19-11-5-4-7-16(19)13-23-20(26)15-25-12-6-8-17(14-25)21(27)24-18-9-2-1-3-10-18/h1-5,7,9-11,17H,6,8,12-15H2,(H,23,26)(H,24,27). The molecule has 1 aliphatic heterocycles. The molecule has 1 saturated heterocycles. The molecule has 1 atom stereocenters. The fourth-order valence-corrected chi connectivity index (χ4v) is 3.27. The third-order valence-corrected chi connectivity index (χ3v) is 4.72. The SMILES string of the molecule is O=C(CN1CCCC(C(=O)Nc2ccccc2)C1)NCc1ccccc1F. The predicted molar refractivity (Wildman–Crippen MR) is 102 cm³/mol. The smallest absolute Gasteiger partial charge is 0.234 e. The van der Waals surface area contributed by atoms with Crippen molar-refractivity contribution in [2.45, 2.75) is 19.4 Å². The first-order chi connectivity index (χ1) is 13.1. The maximum Gasteiger partial charge on any atom is 0.234 e. The van der Waals surface area contributed by atoms with Gasteiger partial charge in [-0.1, -0.05) is 36.4 Å². The van der Waals surface area contributed by atoms with Gasteiger partial charge in [0, 0.05) is 24.3 Å². The minimum Gasteiger partial charge on any atom is -0.351 e. The van der Waals surface area contributed by atoms with E-state index in [1.807, 2.05) is 35.2 Å². The molecule has 0 saturated carbocycles. The summed E-state index contributed by atoms with van der Waals surface area (Å²) in [7, 11) is 0. The van der Waals surface area contributed by atoms with Gasteiger partial charge in [-0.15, -0.1) is 0 Å². The molecule has 27 heavy (non-hydrogen) atoms. The minimum atomic E-state index is -0.326. The predicted octanol–water partition coefficient (Wildman–Crippen LogP) is 2.79. The number of nitrogens with one attached hydrogen (secondary N) is 2. The van der Waals surface area contributed by atoms with Crippen LogP contribution in [0.25, 0.3) is 0 Å². The molecule has 1 unspecified atom stereocenters. The molecule has 1 fully saturated rings. The average Bonchev–Trinajstić information content (AvgIpc) is 2.68. The molecule has 2 aromatic carbocycles. The lowest BCUT2D eigenvalue weighted by molar-refractivity contribution is -0.125. The Bertz CT molecular complexity index is 782. The molecule has 0 radical (unpaired) electrons. The molecule has 3 rings (SSSR count). The van der Waals surface area contributed by atoms with E-state index in [0.29, 0.717) is 12.1 Å². The molecule has 1 heterocycles. The number of likely N-dealkylation sites (tertiary alicyclic amines) is 1. The monoisotopic (exact) mass is 369 g/mol. The number of anilines is 1. The van der Waals surface area contributed by atoms with Crippen LogP contribution in [0.4, 0.5) is 10.1 Å². The lowest BCUT2D eigenvalue weighted by Crippen LogP contribution is -2.45. The molecule has 0 aliphatic carbocycles. The van der Waals surface area contributed by atoms with Gasteiger partial charge in [0.2, 0.25) is 11.8 Å². The van der Waals surface area contributed by atoms with E-state index < -0.39 is 0 Å². The zero-order chi connectivity index (χ0) is 19.1. The number of para-hydroxylation sites is 1. The second-order valence-corrected chi connectivity index (χ2v) is 6.80. The highest BCUT2D eigenvalue weighted by Crippen LogP contribution is 2.18. The van der Waals surface area contributed by atoms with Crippen molar-refractivity contribution in [2.24, 2.45) is 5.92 Å². The van der Waals surface area contributed by atoms with Gasteiger partial charge in [0.15, 0.2) is 0 Å². The van der Waals surface area contributed by atoms with Crippen LogP contribution in [-0.4, -0.2) is 36.3 Å². The number of halogens is 1. The number of nitrogens with zero attached hydrogens (tertiary/aromatic N) is 1. The van der Waals surface area contributed by atoms with Gasteiger partial charge in [0.05, 0.1) is 12.5 Å². The average molecular weight is 369 g/mol. The summed E-state index contributed by atoms with van der Waals surface area (Å²) in [5.41, 5.74) is 1.24. The molecular formula is C21H24FN3O2. The first-order valence-electron chi connectivity index (χ1n) is 9.20. The van der Waals surface area contributed by atoms with Crippen LogP contribution in [0.3, 0.4) is 0 Å². The normalized spacial score (nSPS) is 17.3. The second kappa shape index (κ2) is 9.28. The number of hydrogen-bond acceptors (Lipinski definition) is 3. The molecule has 2 N–H and O–H groups in total. The third-order valence-electron chi connectivity index (χ3n) is 4.72. The molecule has 0 spiro atoms. The molecule has 2 aromatic rings. The zero-order valence-corrected chi connectivity index (χ0v) is 15.2. The van der Waals surface area contributed by atoms with Crippen molar-refractivity contribution < 1.29 is 14.0 Å². The maximum atomic E-state index is 13.6. The molecule has 142 valence electrons. The quantitative estimate of drug-likeness (QED) is 0.823. The van der Waals surface area contributed by atoms with Crippen LogP contribution in [0.15, 0.2) is 54.6 Å². The number of amides is 2. The van der Waals surface area contributed by atoms with E-state index in [2.05, 4.69) is 10.6 Å². The van der Waals surface area contributed by atoms with Crippen molar-refractivity contribution >= 4 is 17.5 Å². The van der Waals surface area contributed by atoms with E-state index in [1.165, 1.54) is 6.07 Å². The third kappa shape index (κ3) is 5.62. The largest absolute Gasteiger partial charge is 0.351 e. The topological polar surface area (TPSA) is 61.4 Å². The van der Waals surface area contributed by atoms with Gasteiger partial charge in [-0.25, -0.2) is 4.39 Å². The van der Waals surface area contributed by atoms with Crippen molar-refractivity contribution in [1.29, 1.82) is 0 Å². The van der Waals surface area contributed by atoms with Gasteiger partial charge in [-0.05, 0) is 37.6 Å². The summed E-state index contributed by atoms with van der Waals surface area (Å²) in [5, 5.41) is 5.68. The molecular weight excluding hydrogens is 345 g/mol. The fourth-order valence-electron chi connectivity index (χ4n) is 3.27. The van der Waals surface area contributed by atoms with Crippen LogP contribution in [0.5, 0.6) is 0 Å². The van der Waals surface area contributed by atoms with E-state index in [0.717, 1.165) is 25.1 Å². The molecule has 1 aliphatic rings. The van der Waals surface area contributed by atoms with Crippen molar-refractivity contribution in [3.8, 4) is 0 Å². The Balaban J connectivity index is 1.47. The first kappa shape index (κ1) is 19.0. The molecule has 0 aromatic heterocycles. The minimum absolute atomic E-state index is 0.0161. The maximum absolute atomic E-state index is 13.6. The van der Waals surface area contributed by atoms with Crippen molar-refractivity contribution in [3.05, 3.63) is 66.0 Å². The van der Waals surface area contributed by atoms with E-state index in [-0.39, 0.29) is 36.6 Å². The number of rotatable bonds is 6. The highest BCUT2D eigenvalue weighted by atomic mass is 19.1. The number of carbonyl (C=O) groups excluding carboxylic acids is 2. The van der Waals surface area contributed by atoms with Crippen LogP contribution >= 0.6 is 0 Å². The summed E-state index contributed by atoms with van der Waals surface area (Å²) in [6, 6.07) is 15.8. The summed E-state index contributed by atoms with van der Waals surface area (Å²) >= 11 is 0. The molecule has 0 bridgehead atoms. The zero-order valence-electron chi connectivity index (χ0n) is 15.2. The van der Waals surface area contributed by atoms with Crippen LogP contribution < -0.4 is 10.6 Å². The number of piperidine rings is 1. The highest BCUT2D eigenvalue weighted by Gasteiger charge is 2.26. The fraction of sp³-hybridized carbons (Fsp3) is 0.333. The summed E-state index contributed by atoms with van der Waals surface area (Å²) in [6.45, 7) is 1.70. The van der Waals surface area contributed by atoms with Crippen LogP contribution in [0.2, 0.25) is 0 Å². The van der Waals surface area contributed by atoms with Crippen molar-refractivity contribution in [2.75, 3.05) is 25.0 Å². The Morgan fingerprint density at radius 2 is 1.81 bits per heavy atom. The summed E-state index contributed by atoms with van der Waals surface area (Å²) in [6.07, 6.45) is 1.68. The number of carbonyl (C=O) groups is 2.